The van der Waals surface area contributed by atoms with Crippen molar-refractivity contribution < 1.29 is 9.47 Å². The summed E-state index contributed by atoms with van der Waals surface area (Å²) in [6, 6.07) is 5.69. The highest BCUT2D eigenvalue weighted by molar-refractivity contribution is 6.20. The van der Waals surface area contributed by atoms with Crippen LogP contribution in [0.15, 0.2) is 18.2 Å². The van der Waals surface area contributed by atoms with Crippen LogP contribution in [-0.2, 0) is 4.74 Å². The van der Waals surface area contributed by atoms with Gasteiger partial charge in [0.2, 0.25) is 5.88 Å². The van der Waals surface area contributed by atoms with Gasteiger partial charge in [0.25, 0.3) is 0 Å². The predicted octanol–water partition coefficient (Wildman–Crippen LogP) is 2.55. The third-order valence-electron chi connectivity index (χ3n) is 2.50. The van der Waals surface area contributed by atoms with Crippen molar-refractivity contribution in [1.82, 2.24) is 4.98 Å². The second-order valence-corrected chi connectivity index (χ2v) is 4.20. The van der Waals surface area contributed by atoms with Gasteiger partial charge in [-0.05, 0) is 18.9 Å². The summed E-state index contributed by atoms with van der Waals surface area (Å²) in [5.74, 6) is 0.618. The van der Waals surface area contributed by atoms with Gasteiger partial charge in [-0.15, -0.1) is 11.6 Å². The van der Waals surface area contributed by atoms with Crippen molar-refractivity contribution in [2.24, 2.45) is 0 Å². The zero-order valence-electron chi connectivity index (χ0n) is 8.65. The molecule has 2 unspecified atom stereocenters. The molecule has 0 saturated carbocycles. The molecule has 82 valence electrons. The summed E-state index contributed by atoms with van der Waals surface area (Å²) < 4.78 is 10.7. The van der Waals surface area contributed by atoms with Crippen LogP contribution in [0, 0.1) is 0 Å². The van der Waals surface area contributed by atoms with Gasteiger partial charge < -0.3 is 9.47 Å². The predicted molar refractivity (Wildman–Crippen MR) is 58.4 cm³/mol. The summed E-state index contributed by atoms with van der Waals surface area (Å²) in [7, 11) is 1.61. The number of pyridine rings is 1. The normalized spacial score (nSPS) is 26.3. The van der Waals surface area contributed by atoms with Gasteiger partial charge in [0.05, 0.1) is 12.8 Å². The van der Waals surface area contributed by atoms with E-state index in [0.29, 0.717) is 12.5 Å². The van der Waals surface area contributed by atoms with Crippen molar-refractivity contribution >= 4 is 11.6 Å². The number of methoxy groups -OCH3 is 1. The lowest BCUT2D eigenvalue weighted by molar-refractivity contribution is 0.0139. The molecule has 1 aromatic rings. The molecule has 2 rings (SSSR count). The molecule has 1 aromatic heterocycles. The Balaban J connectivity index is 2.13. The standard InChI is InChI=1S/C11H14ClNO2/c1-14-11-4-2-3-9(13-11)10-7-8(12)5-6-15-10/h2-4,8,10H,5-7H2,1H3. The Morgan fingerprint density at radius 1 is 1.53 bits per heavy atom. The number of rotatable bonds is 2. The van der Waals surface area contributed by atoms with Gasteiger partial charge in [-0.3, -0.25) is 0 Å². The minimum atomic E-state index is 0.0105. The van der Waals surface area contributed by atoms with Crippen LogP contribution in [-0.4, -0.2) is 24.1 Å². The Hall–Kier alpha value is -0.800. The van der Waals surface area contributed by atoms with E-state index in [0.717, 1.165) is 18.5 Å². The molecule has 0 bridgehead atoms. The van der Waals surface area contributed by atoms with E-state index in [2.05, 4.69) is 4.98 Å². The maximum Gasteiger partial charge on any atom is 0.213 e. The fourth-order valence-corrected chi connectivity index (χ4v) is 1.94. The monoisotopic (exact) mass is 227 g/mol. The van der Waals surface area contributed by atoms with Crippen LogP contribution < -0.4 is 4.74 Å². The van der Waals surface area contributed by atoms with Gasteiger partial charge in [-0.1, -0.05) is 6.07 Å². The Labute approximate surface area is 94.4 Å². The van der Waals surface area contributed by atoms with Crippen molar-refractivity contribution in [1.29, 1.82) is 0 Å². The van der Waals surface area contributed by atoms with Gasteiger partial charge in [0.1, 0.15) is 6.10 Å². The molecular formula is C11H14ClNO2. The van der Waals surface area contributed by atoms with E-state index in [4.69, 9.17) is 21.1 Å². The molecule has 3 nitrogen and oxygen atoms in total. The van der Waals surface area contributed by atoms with Crippen LogP contribution in [0.5, 0.6) is 5.88 Å². The zero-order valence-corrected chi connectivity index (χ0v) is 9.41. The molecule has 0 spiro atoms. The maximum absolute atomic E-state index is 6.10. The van der Waals surface area contributed by atoms with Crippen molar-refractivity contribution in [2.45, 2.75) is 24.3 Å². The SMILES string of the molecule is COc1cccc(C2CC(Cl)CCO2)n1. The lowest BCUT2D eigenvalue weighted by Crippen LogP contribution is -2.20. The molecule has 1 aliphatic rings. The molecule has 2 heterocycles. The molecular weight excluding hydrogens is 214 g/mol. The first kappa shape index (κ1) is 10.7. The second-order valence-electron chi connectivity index (χ2n) is 3.59. The minimum Gasteiger partial charge on any atom is -0.481 e. The van der Waals surface area contributed by atoms with Crippen LogP contribution in [0.3, 0.4) is 0 Å². The zero-order chi connectivity index (χ0) is 10.7. The topological polar surface area (TPSA) is 31.4 Å². The molecule has 0 aliphatic carbocycles. The summed E-state index contributed by atoms with van der Waals surface area (Å²) in [6.07, 6.45) is 1.75. The number of ether oxygens (including phenoxy) is 2. The van der Waals surface area contributed by atoms with E-state index < -0.39 is 0 Å². The fourth-order valence-electron chi connectivity index (χ4n) is 1.69. The molecule has 1 fully saturated rings. The molecule has 0 aromatic carbocycles. The summed E-state index contributed by atoms with van der Waals surface area (Å²) in [5, 5.41) is 0.191. The third-order valence-corrected chi connectivity index (χ3v) is 2.90. The molecule has 2 atom stereocenters. The van der Waals surface area contributed by atoms with Gasteiger partial charge in [-0.25, -0.2) is 4.98 Å². The highest BCUT2D eigenvalue weighted by Gasteiger charge is 2.23. The third kappa shape index (κ3) is 2.61. The lowest BCUT2D eigenvalue weighted by atomic mass is 10.1. The number of aromatic nitrogens is 1. The largest absolute Gasteiger partial charge is 0.481 e. The number of halogens is 1. The van der Waals surface area contributed by atoms with Crippen molar-refractivity contribution in [3.63, 3.8) is 0 Å². The minimum absolute atomic E-state index is 0.0105. The second kappa shape index (κ2) is 4.81. The van der Waals surface area contributed by atoms with Crippen LogP contribution in [0.1, 0.15) is 24.6 Å². The van der Waals surface area contributed by atoms with E-state index in [9.17, 15) is 0 Å². The highest BCUT2D eigenvalue weighted by Crippen LogP contribution is 2.30. The Bertz CT molecular complexity index is 332. The van der Waals surface area contributed by atoms with E-state index in [1.165, 1.54) is 0 Å². The van der Waals surface area contributed by atoms with Crippen molar-refractivity contribution in [3.05, 3.63) is 23.9 Å². The maximum atomic E-state index is 6.10. The first-order chi connectivity index (χ1) is 7.29. The highest BCUT2D eigenvalue weighted by atomic mass is 35.5. The molecule has 0 amide bonds. The molecule has 1 aliphatic heterocycles. The van der Waals surface area contributed by atoms with Gasteiger partial charge >= 0.3 is 0 Å². The van der Waals surface area contributed by atoms with E-state index in [1.807, 2.05) is 18.2 Å². The van der Waals surface area contributed by atoms with E-state index in [-0.39, 0.29) is 11.5 Å². The van der Waals surface area contributed by atoms with E-state index >= 15 is 0 Å². The van der Waals surface area contributed by atoms with Crippen LogP contribution in [0.4, 0.5) is 0 Å². The van der Waals surface area contributed by atoms with Crippen molar-refractivity contribution in [3.8, 4) is 5.88 Å². The molecule has 0 N–H and O–H groups in total. The molecule has 0 radical (unpaired) electrons. The summed E-state index contributed by atoms with van der Waals surface area (Å²) >= 11 is 6.10. The van der Waals surface area contributed by atoms with Crippen LogP contribution in [0.25, 0.3) is 0 Å². The Morgan fingerprint density at radius 3 is 3.13 bits per heavy atom. The number of alkyl halides is 1. The van der Waals surface area contributed by atoms with Gasteiger partial charge in [-0.2, -0.15) is 0 Å². The van der Waals surface area contributed by atoms with Crippen LogP contribution in [0.2, 0.25) is 0 Å². The molecule has 15 heavy (non-hydrogen) atoms. The van der Waals surface area contributed by atoms with Crippen molar-refractivity contribution in [2.75, 3.05) is 13.7 Å². The number of hydrogen-bond acceptors (Lipinski definition) is 3. The Kier molecular flexibility index (Phi) is 3.44. The average Bonchev–Trinajstić information content (AvgIpc) is 2.29. The average molecular weight is 228 g/mol. The smallest absolute Gasteiger partial charge is 0.213 e. The fraction of sp³-hybridized carbons (Fsp3) is 0.545. The summed E-state index contributed by atoms with van der Waals surface area (Å²) in [5.41, 5.74) is 0.903. The number of hydrogen-bond donors (Lipinski definition) is 0. The van der Waals surface area contributed by atoms with Gasteiger partial charge in [0.15, 0.2) is 0 Å². The molecule has 4 heteroatoms. The van der Waals surface area contributed by atoms with Crippen LogP contribution >= 0.6 is 11.6 Å². The van der Waals surface area contributed by atoms with E-state index in [1.54, 1.807) is 7.11 Å². The lowest BCUT2D eigenvalue weighted by Gasteiger charge is -2.25. The first-order valence-corrected chi connectivity index (χ1v) is 5.50. The summed E-state index contributed by atoms with van der Waals surface area (Å²) in [6.45, 7) is 0.706. The molecule has 1 saturated heterocycles. The summed E-state index contributed by atoms with van der Waals surface area (Å²) in [4.78, 5) is 4.34. The van der Waals surface area contributed by atoms with Gasteiger partial charge in [0, 0.05) is 18.1 Å². The first-order valence-electron chi connectivity index (χ1n) is 5.06. The number of nitrogens with zero attached hydrogens (tertiary/aromatic N) is 1. The Morgan fingerprint density at radius 2 is 2.40 bits per heavy atom. The quantitative estimate of drug-likeness (QED) is 0.728.